The van der Waals surface area contributed by atoms with Crippen LogP contribution < -0.4 is 5.32 Å². The van der Waals surface area contributed by atoms with Gasteiger partial charge in [-0.3, -0.25) is 0 Å². The predicted octanol–water partition coefficient (Wildman–Crippen LogP) is 3.38. The van der Waals surface area contributed by atoms with Gasteiger partial charge in [-0.15, -0.1) is 0 Å². The van der Waals surface area contributed by atoms with E-state index in [9.17, 15) is 13.2 Å². The molecule has 4 nitrogen and oxygen atoms in total. The van der Waals surface area contributed by atoms with Crippen LogP contribution in [0.5, 0.6) is 0 Å². The summed E-state index contributed by atoms with van der Waals surface area (Å²) in [6, 6.07) is 0.868. The molecule has 8 heteroatoms. The average Bonchev–Trinajstić information content (AvgIpc) is 2.38. The van der Waals surface area contributed by atoms with Gasteiger partial charge in [0.25, 0.3) is 0 Å². The van der Waals surface area contributed by atoms with Gasteiger partial charge in [0.05, 0.1) is 0 Å². The highest BCUT2D eigenvalue weighted by molar-refractivity contribution is 6.28. The van der Waals surface area contributed by atoms with Gasteiger partial charge in [-0.1, -0.05) is 0 Å². The molecule has 1 saturated heterocycles. The summed E-state index contributed by atoms with van der Waals surface area (Å²) in [5.74, 6) is 0.433. The van der Waals surface area contributed by atoms with Crippen molar-refractivity contribution in [2.75, 3.05) is 18.5 Å². The highest BCUT2D eigenvalue weighted by atomic mass is 35.5. The van der Waals surface area contributed by atoms with Crippen molar-refractivity contribution in [1.29, 1.82) is 0 Å². The van der Waals surface area contributed by atoms with Crippen LogP contribution >= 0.6 is 11.6 Å². The quantitative estimate of drug-likeness (QED) is 0.870. The topological polar surface area (TPSA) is 47.0 Å². The molecular weight excluding hydrogens is 295 g/mol. The SMILES string of the molecule is CC(Nc1cc(C(F)(F)F)nc(Cl)n1)C1CCOCC1. The van der Waals surface area contributed by atoms with Crippen LogP contribution in [0.25, 0.3) is 0 Å². The third-order valence-corrected chi connectivity index (χ3v) is 3.51. The summed E-state index contributed by atoms with van der Waals surface area (Å²) in [6.45, 7) is 3.27. The average molecular weight is 310 g/mol. The Kier molecular flexibility index (Phi) is 4.70. The van der Waals surface area contributed by atoms with Crippen molar-refractivity contribution in [2.24, 2.45) is 5.92 Å². The number of nitrogens with one attached hydrogen (secondary N) is 1. The van der Waals surface area contributed by atoms with Gasteiger partial charge in [-0.25, -0.2) is 9.97 Å². The third-order valence-electron chi connectivity index (χ3n) is 3.34. The molecule has 1 aliphatic rings. The minimum Gasteiger partial charge on any atom is -0.381 e. The number of aromatic nitrogens is 2. The van der Waals surface area contributed by atoms with Crippen molar-refractivity contribution in [3.63, 3.8) is 0 Å². The number of hydrogen-bond acceptors (Lipinski definition) is 4. The van der Waals surface area contributed by atoms with Gasteiger partial charge in [0.2, 0.25) is 5.28 Å². The van der Waals surface area contributed by atoms with Gasteiger partial charge in [0.1, 0.15) is 5.82 Å². The van der Waals surface area contributed by atoms with E-state index in [-0.39, 0.29) is 11.9 Å². The van der Waals surface area contributed by atoms with Crippen molar-refractivity contribution in [3.8, 4) is 0 Å². The number of hydrogen-bond donors (Lipinski definition) is 1. The summed E-state index contributed by atoms with van der Waals surface area (Å²) in [4.78, 5) is 6.99. The molecule has 112 valence electrons. The second-order valence-corrected chi connectivity index (χ2v) is 5.13. The molecule has 1 fully saturated rings. The van der Waals surface area contributed by atoms with Crippen LogP contribution in [0.4, 0.5) is 19.0 Å². The Bertz CT molecular complexity index is 464. The number of alkyl halides is 3. The molecule has 0 amide bonds. The van der Waals surface area contributed by atoms with E-state index in [1.54, 1.807) is 0 Å². The minimum atomic E-state index is -4.54. The smallest absolute Gasteiger partial charge is 0.381 e. The van der Waals surface area contributed by atoms with E-state index in [0.29, 0.717) is 19.1 Å². The first-order valence-corrected chi connectivity index (χ1v) is 6.70. The first-order chi connectivity index (χ1) is 9.36. The number of halogens is 4. The fourth-order valence-electron chi connectivity index (χ4n) is 2.20. The van der Waals surface area contributed by atoms with Crippen molar-refractivity contribution in [2.45, 2.75) is 32.0 Å². The van der Waals surface area contributed by atoms with E-state index in [1.165, 1.54) is 0 Å². The monoisotopic (exact) mass is 309 g/mol. The normalized spacial score (nSPS) is 18.9. The molecule has 1 unspecified atom stereocenters. The van der Waals surface area contributed by atoms with Gasteiger partial charge in [0, 0.05) is 25.3 Å². The molecule has 0 aromatic carbocycles. The fourth-order valence-corrected chi connectivity index (χ4v) is 2.39. The zero-order valence-electron chi connectivity index (χ0n) is 10.9. The van der Waals surface area contributed by atoms with Crippen LogP contribution in [0.15, 0.2) is 6.07 Å². The summed E-state index contributed by atoms with van der Waals surface area (Å²) < 4.78 is 43.2. The number of rotatable bonds is 3. The Morgan fingerprint density at radius 1 is 1.35 bits per heavy atom. The lowest BCUT2D eigenvalue weighted by atomic mass is 9.93. The molecule has 2 heterocycles. The van der Waals surface area contributed by atoms with Crippen molar-refractivity contribution >= 4 is 17.4 Å². The number of ether oxygens (including phenoxy) is 1. The largest absolute Gasteiger partial charge is 0.433 e. The molecule has 2 rings (SSSR count). The first kappa shape index (κ1) is 15.3. The molecule has 0 saturated carbocycles. The van der Waals surface area contributed by atoms with E-state index < -0.39 is 17.2 Å². The highest BCUT2D eigenvalue weighted by Gasteiger charge is 2.34. The van der Waals surface area contributed by atoms with Crippen LogP contribution in [-0.4, -0.2) is 29.2 Å². The summed E-state index contributed by atoms with van der Waals surface area (Å²) in [7, 11) is 0. The van der Waals surface area contributed by atoms with Crippen molar-refractivity contribution < 1.29 is 17.9 Å². The molecule has 0 radical (unpaired) electrons. The molecule has 1 aromatic rings. The van der Waals surface area contributed by atoms with Gasteiger partial charge in [0.15, 0.2) is 5.69 Å². The van der Waals surface area contributed by atoms with Crippen LogP contribution in [0.2, 0.25) is 5.28 Å². The lowest BCUT2D eigenvalue weighted by Crippen LogP contribution is -2.31. The highest BCUT2D eigenvalue weighted by Crippen LogP contribution is 2.30. The fraction of sp³-hybridized carbons (Fsp3) is 0.667. The van der Waals surface area contributed by atoms with E-state index in [2.05, 4.69) is 15.3 Å². The Hall–Kier alpha value is -1.08. The number of nitrogens with zero attached hydrogens (tertiary/aromatic N) is 2. The van der Waals surface area contributed by atoms with Crippen LogP contribution in [0, 0.1) is 5.92 Å². The zero-order chi connectivity index (χ0) is 14.8. The third kappa shape index (κ3) is 3.96. The maximum Gasteiger partial charge on any atom is 0.433 e. The molecule has 0 aliphatic carbocycles. The molecule has 1 atom stereocenters. The summed E-state index contributed by atoms with van der Waals surface area (Å²) in [6.07, 6.45) is -2.79. The number of anilines is 1. The predicted molar refractivity (Wildman–Crippen MR) is 68.7 cm³/mol. The van der Waals surface area contributed by atoms with E-state index in [1.807, 2.05) is 6.92 Å². The first-order valence-electron chi connectivity index (χ1n) is 6.32. The Labute approximate surface area is 119 Å². The van der Waals surface area contributed by atoms with Gasteiger partial charge < -0.3 is 10.1 Å². The van der Waals surface area contributed by atoms with E-state index in [0.717, 1.165) is 18.9 Å². The summed E-state index contributed by atoms with van der Waals surface area (Å²) >= 11 is 5.54. The second-order valence-electron chi connectivity index (χ2n) is 4.79. The molecule has 1 aliphatic heterocycles. The van der Waals surface area contributed by atoms with Crippen molar-refractivity contribution in [1.82, 2.24) is 9.97 Å². The standard InChI is InChI=1S/C12H15ClF3N3O/c1-7(8-2-4-20-5-3-8)17-10-6-9(12(14,15)16)18-11(13)19-10/h6-8H,2-5H2,1H3,(H,17,18,19). The zero-order valence-corrected chi connectivity index (χ0v) is 11.6. The lowest BCUT2D eigenvalue weighted by molar-refractivity contribution is -0.141. The van der Waals surface area contributed by atoms with Crippen LogP contribution in [-0.2, 0) is 10.9 Å². The summed E-state index contributed by atoms with van der Waals surface area (Å²) in [5.41, 5.74) is -1.04. The van der Waals surface area contributed by atoms with E-state index >= 15 is 0 Å². The second kappa shape index (κ2) is 6.13. The Morgan fingerprint density at radius 2 is 2.00 bits per heavy atom. The Balaban J connectivity index is 2.10. The summed E-state index contributed by atoms with van der Waals surface area (Å²) in [5, 5.41) is 2.56. The minimum absolute atomic E-state index is 0.00838. The van der Waals surface area contributed by atoms with E-state index in [4.69, 9.17) is 16.3 Å². The molecular formula is C12H15ClF3N3O. The maximum absolute atomic E-state index is 12.6. The molecule has 0 bridgehead atoms. The van der Waals surface area contributed by atoms with Crippen LogP contribution in [0.3, 0.4) is 0 Å². The van der Waals surface area contributed by atoms with Crippen LogP contribution in [0.1, 0.15) is 25.5 Å². The van der Waals surface area contributed by atoms with Gasteiger partial charge >= 0.3 is 6.18 Å². The van der Waals surface area contributed by atoms with Gasteiger partial charge in [-0.05, 0) is 37.3 Å². The molecule has 1 aromatic heterocycles. The Morgan fingerprint density at radius 3 is 2.60 bits per heavy atom. The van der Waals surface area contributed by atoms with Gasteiger partial charge in [-0.2, -0.15) is 13.2 Å². The maximum atomic E-state index is 12.6. The molecule has 1 N–H and O–H groups in total. The molecule has 0 spiro atoms. The van der Waals surface area contributed by atoms with Crippen molar-refractivity contribution in [3.05, 3.63) is 17.0 Å². The lowest BCUT2D eigenvalue weighted by Gasteiger charge is -2.28. The molecule has 20 heavy (non-hydrogen) atoms.